The van der Waals surface area contributed by atoms with E-state index < -0.39 is 21.2 Å². The number of aryl methyl sites for hydroxylation is 1. The van der Waals surface area contributed by atoms with Crippen LogP contribution in [0.5, 0.6) is 0 Å². The van der Waals surface area contributed by atoms with Gasteiger partial charge in [0.15, 0.2) is 0 Å². The van der Waals surface area contributed by atoms with Crippen LogP contribution >= 0.6 is 0 Å². The molecule has 1 rings (SSSR count). The van der Waals surface area contributed by atoms with Gasteiger partial charge in [0.2, 0.25) is 0 Å². The van der Waals surface area contributed by atoms with E-state index >= 15 is 0 Å². The van der Waals surface area contributed by atoms with E-state index in [-0.39, 0.29) is 5.56 Å². The second-order valence-electron chi connectivity index (χ2n) is 2.39. The van der Waals surface area contributed by atoms with Crippen LogP contribution < -0.4 is 0 Å². The second-order valence-corrected chi connectivity index (χ2v) is 2.39. The molecule has 0 heterocycles. The van der Waals surface area contributed by atoms with Gasteiger partial charge in [0.25, 0.3) is 0 Å². The number of nitro groups is 2. The molecule has 0 N–H and O–H groups in total. The predicted octanol–water partition coefficient (Wildman–Crippen LogP) is 1.61. The van der Waals surface area contributed by atoms with Gasteiger partial charge < -0.3 is 0 Å². The third kappa shape index (κ3) is 1.61. The molecule has 0 saturated heterocycles. The first-order valence-corrected chi connectivity index (χ1v) is 3.33. The Morgan fingerprint density at radius 2 is 1.85 bits per heavy atom. The first-order valence-electron chi connectivity index (χ1n) is 3.33. The minimum absolute atomic E-state index is 0.235. The Bertz CT molecular complexity index is 375. The highest BCUT2D eigenvalue weighted by Gasteiger charge is 2.25. The highest BCUT2D eigenvalue weighted by atomic mass is 16.6. The van der Waals surface area contributed by atoms with Crippen molar-refractivity contribution < 1.29 is 9.85 Å². The lowest BCUT2D eigenvalue weighted by atomic mass is 10.2. The molecule has 67 valence electrons. The quantitative estimate of drug-likeness (QED) is 0.512. The van der Waals surface area contributed by atoms with Crippen molar-refractivity contribution in [3.8, 4) is 0 Å². The summed E-state index contributed by atoms with van der Waals surface area (Å²) in [7, 11) is 0. The summed E-state index contributed by atoms with van der Waals surface area (Å²) in [5.74, 6) is 0. The molecule has 13 heavy (non-hydrogen) atoms. The predicted molar refractivity (Wildman–Crippen MR) is 43.3 cm³/mol. The molecule has 0 amide bonds. The zero-order valence-electron chi connectivity index (χ0n) is 6.68. The van der Waals surface area contributed by atoms with Gasteiger partial charge in [-0.2, -0.15) is 0 Å². The summed E-state index contributed by atoms with van der Waals surface area (Å²) in [6.45, 7) is 1.43. The summed E-state index contributed by atoms with van der Waals surface area (Å²) in [5.41, 5.74) is -0.757. The van der Waals surface area contributed by atoms with E-state index in [9.17, 15) is 20.2 Å². The number of benzene rings is 1. The Kier molecular flexibility index (Phi) is 2.23. The molecule has 6 heteroatoms. The Labute approximate surface area is 73.1 Å². The number of hydrogen-bond donors (Lipinski definition) is 0. The Hall–Kier alpha value is -1.98. The Morgan fingerprint density at radius 3 is 2.23 bits per heavy atom. The van der Waals surface area contributed by atoms with E-state index in [0.717, 1.165) is 6.07 Å². The van der Waals surface area contributed by atoms with Crippen LogP contribution in [-0.4, -0.2) is 9.85 Å². The molecule has 1 aromatic carbocycles. The van der Waals surface area contributed by atoms with Crippen LogP contribution in [0, 0.1) is 33.2 Å². The first kappa shape index (κ1) is 9.11. The highest BCUT2D eigenvalue weighted by Crippen LogP contribution is 2.28. The van der Waals surface area contributed by atoms with Gasteiger partial charge in [-0.05, 0) is 19.1 Å². The average Bonchev–Trinajstić information content (AvgIpc) is 2.02. The molecular formula is C7H5N2O4. The molecule has 0 atom stereocenters. The van der Waals surface area contributed by atoms with Gasteiger partial charge in [-0.15, -0.1) is 0 Å². The second kappa shape index (κ2) is 3.18. The molecule has 1 radical (unpaired) electrons. The lowest BCUT2D eigenvalue weighted by Gasteiger charge is -1.96. The topological polar surface area (TPSA) is 86.3 Å². The van der Waals surface area contributed by atoms with Crippen LogP contribution in [0.1, 0.15) is 5.56 Å². The van der Waals surface area contributed by atoms with Gasteiger partial charge in [-0.1, -0.05) is 0 Å². The minimum atomic E-state index is -0.790. The van der Waals surface area contributed by atoms with Crippen LogP contribution in [0.15, 0.2) is 12.1 Å². The maximum atomic E-state index is 10.4. The number of nitro benzene ring substituents is 2. The van der Waals surface area contributed by atoms with E-state index in [4.69, 9.17) is 0 Å². The number of hydrogen-bond acceptors (Lipinski definition) is 4. The van der Waals surface area contributed by atoms with Crippen molar-refractivity contribution in [2.75, 3.05) is 0 Å². The molecule has 0 aliphatic carbocycles. The van der Waals surface area contributed by atoms with Gasteiger partial charge in [-0.3, -0.25) is 20.2 Å². The van der Waals surface area contributed by atoms with E-state index in [2.05, 4.69) is 6.07 Å². The summed E-state index contributed by atoms with van der Waals surface area (Å²) in [6.07, 6.45) is 0. The minimum Gasteiger partial charge on any atom is -0.258 e. The fourth-order valence-corrected chi connectivity index (χ4v) is 0.961. The Morgan fingerprint density at radius 1 is 1.23 bits per heavy atom. The molecule has 0 fully saturated rings. The van der Waals surface area contributed by atoms with Crippen molar-refractivity contribution in [2.45, 2.75) is 6.92 Å². The van der Waals surface area contributed by atoms with Crippen molar-refractivity contribution >= 4 is 11.4 Å². The molecule has 6 nitrogen and oxygen atoms in total. The van der Waals surface area contributed by atoms with Gasteiger partial charge in [0.1, 0.15) is 0 Å². The normalized spacial score (nSPS) is 9.62. The molecule has 0 aliphatic heterocycles. The van der Waals surface area contributed by atoms with Gasteiger partial charge in [0.05, 0.1) is 9.85 Å². The van der Waals surface area contributed by atoms with Crippen molar-refractivity contribution in [1.29, 1.82) is 0 Å². The van der Waals surface area contributed by atoms with Crippen LogP contribution in [0.4, 0.5) is 11.4 Å². The molecule has 0 aliphatic rings. The first-order chi connectivity index (χ1) is 6.04. The van der Waals surface area contributed by atoms with E-state index in [1.807, 2.05) is 0 Å². The van der Waals surface area contributed by atoms with Gasteiger partial charge in [-0.25, -0.2) is 0 Å². The van der Waals surface area contributed by atoms with Crippen molar-refractivity contribution in [3.05, 3.63) is 44.0 Å². The smallest absolute Gasteiger partial charge is 0.258 e. The molecule has 0 saturated carbocycles. The maximum Gasteiger partial charge on any atom is 0.348 e. The van der Waals surface area contributed by atoms with Crippen molar-refractivity contribution in [1.82, 2.24) is 0 Å². The SMILES string of the molecule is Cc1c[c]cc([N+](=O)[O-])c1[N+](=O)[O-]. The lowest BCUT2D eigenvalue weighted by Crippen LogP contribution is -1.98. The summed E-state index contributed by atoms with van der Waals surface area (Å²) < 4.78 is 0. The van der Waals surface area contributed by atoms with E-state index in [1.165, 1.54) is 13.0 Å². The molecular weight excluding hydrogens is 176 g/mol. The standard InChI is InChI=1S/C7H5N2O4/c1-5-3-2-4-6(8(10)11)7(5)9(12)13/h3-4H,1H3. The van der Waals surface area contributed by atoms with Crippen LogP contribution in [0.2, 0.25) is 0 Å². The van der Waals surface area contributed by atoms with Gasteiger partial charge >= 0.3 is 11.4 Å². The molecule has 0 spiro atoms. The van der Waals surface area contributed by atoms with Crippen LogP contribution in [0.25, 0.3) is 0 Å². The lowest BCUT2D eigenvalue weighted by molar-refractivity contribution is -0.422. The number of rotatable bonds is 2. The summed E-state index contributed by atoms with van der Waals surface area (Å²) in [4.78, 5) is 19.2. The van der Waals surface area contributed by atoms with E-state index in [0.29, 0.717) is 0 Å². The summed E-state index contributed by atoms with van der Waals surface area (Å²) in [6, 6.07) is 4.79. The van der Waals surface area contributed by atoms with Crippen LogP contribution in [0.3, 0.4) is 0 Å². The fraction of sp³-hybridized carbons (Fsp3) is 0.143. The van der Waals surface area contributed by atoms with E-state index in [1.54, 1.807) is 0 Å². The summed E-state index contributed by atoms with van der Waals surface area (Å²) >= 11 is 0. The molecule has 1 aromatic rings. The average molecular weight is 181 g/mol. The zero-order valence-corrected chi connectivity index (χ0v) is 6.68. The largest absolute Gasteiger partial charge is 0.348 e. The maximum absolute atomic E-state index is 10.4. The highest BCUT2D eigenvalue weighted by molar-refractivity contribution is 5.56. The third-order valence-corrected chi connectivity index (χ3v) is 1.52. The Balaban J connectivity index is 3.43. The summed E-state index contributed by atoms with van der Waals surface area (Å²) in [5, 5.41) is 20.8. The molecule has 0 bridgehead atoms. The third-order valence-electron chi connectivity index (χ3n) is 1.52. The molecule has 0 unspecified atom stereocenters. The number of nitrogens with zero attached hydrogens (tertiary/aromatic N) is 2. The fourth-order valence-electron chi connectivity index (χ4n) is 0.961. The van der Waals surface area contributed by atoms with Crippen molar-refractivity contribution in [2.24, 2.45) is 0 Å². The van der Waals surface area contributed by atoms with Crippen molar-refractivity contribution in [3.63, 3.8) is 0 Å². The van der Waals surface area contributed by atoms with Gasteiger partial charge in [0, 0.05) is 11.6 Å². The monoisotopic (exact) mass is 181 g/mol. The van der Waals surface area contributed by atoms with Crippen LogP contribution in [-0.2, 0) is 0 Å². The molecule has 0 aromatic heterocycles. The zero-order chi connectivity index (χ0) is 10.0.